The number of nitrogens with zero attached hydrogens (tertiary/aromatic N) is 1. The van der Waals surface area contributed by atoms with Gasteiger partial charge in [0, 0.05) is 5.33 Å². The van der Waals surface area contributed by atoms with Crippen LogP contribution in [0.1, 0.15) is 17.7 Å². The highest BCUT2D eigenvalue weighted by Crippen LogP contribution is 2.23. The van der Waals surface area contributed by atoms with Gasteiger partial charge in [-0.15, -0.1) is 0 Å². The number of primary sulfonamides is 1. The van der Waals surface area contributed by atoms with Crippen LogP contribution in [-0.2, 0) is 15.4 Å². The highest BCUT2D eigenvalue weighted by molar-refractivity contribution is 9.08. The third-order valence-electron chi connectivity index (χ3n) is 1.63. The van der Waals surface area contributed by atoms with Gasteiger partial charge in [-0.3, -0.25) is 0 Å². The Morgan fingerprint density at radius 1 is 1.47 bits per heavy atom. The molecule has 8 heteroatoms. The van der Waals surface area contributed by atoms with Crippen LogP contribution in [0.4, 0.5) is 8.78 Å². The van der Waals surface area contributed by atoms with Gasteiger partial charge in [0.2, 0.25) is 0 Å². The van der Waals surface area contributed by atoms with Crippen molar-refractivity contribution in [1.82, 2.24) is 4.98 Å². The molecule has 15 heavy (non-hydrogen) atoms. The molecule has 0 aliphatic heterocycles. The minimum absolute atomic E-state index is 0.171. The van der Waals surface area contributed by atoms with Crippen molar-refractivity contribution in [3.63, 3.8) is 0 Å². The molecule has 0 amide bonds. The summed E-state index contributed by atoms with van der Waals surface area (Å²) >= 11 is 3.00. The SMILES string of the molecule is NS(=O)(=O)c1ccc(CBr)c(C(F)F)n1. The number of hydrogen-bond acceptors (Lipinski definition) is 3. The van der Waals surface area contributed by atoms with E-state index < -0.39 is 27.2 Å². The summed E-state index contributed by atoms with van der Waals surface area (Å²) in [5.74, 6) is 0. The molecule has 0 aliphatic rings. The molecule has 0 radical (unpaired) electrons. The molecule has 0 aliphatic carbocycles. The van der Waals surface area contributed by atoms with Gasteiger partial charge in [-0.1, -0.05) is 22.0 Å². The fourth-order valence-corrected chi connectivity index (χ4v) is 1.90. The summed E-state index contributed by atoms with van der Waals surface area (Å²) < 4.78 is 46.7. The molecule has 0 atom stereocenters. The third-order valence-corrected chi connectivity index (χ3v) is 3.04. The number of sulfonamides is 1. The molecule has 84 valence electrons. The van der Waals surface area contributed by atoms with E-state index in [2.05, 4.69) is 20.9 Å². The minimum Gasteiger partial charge on any atom is -0.234 e. The smallest absolute Gasteiger partial charge is 0.234 e. The Morgan fingerprint density at radius 3 is 2.47 bits per heavy atom. The van der Waals surface area contributed by atoms with Crippen molar-refractivity contribution in [2.75, 3.05) is 0 Å². The molecule has 0 aromatic carbocycles. The molecular weight excluding hydrogens is 294 g/mol. The standard InChI is InChI=1S/C7H7BrF2N2O2S/c8-3-4-1-2-5(15(11,13)14)12-6(4)7(9)10/h1-2,7H,3H2,(H2,11,13,14). The Kier molecular flexibility index (Phi) is 3.74. The van der Waals surface area contributed by atoms with E-state index >= 15 is 0 Å². The normalized spacial score (nSPS) is 12.1. The van der Waals surface area contributed by atoms with Crippen molar-refractivity contribution in [1.29, 1.82) is 0 Å². The van der Waals surface area contributed by atoms with Crippen molar-refractivity contribution >= 4 is 26.0 Å². The lowest BCUT2D eigenvalue weighted by Crippen LogP contribution is -2.15. The summed E-state index contributed by atoms with van der Waals surface area (Å²) in [5, 5.41) is 4.39. The fourth-order valence-electron chi connectivity index (χ4n) is 0.945. The third kappa shape index (κ3) is 2.93. The zero-order chi connectivity index (χ0) is 11.6. The molecule has 0 bridgehead atoms. The van der Waals surface area contributed by atoms with Crippen LogP contribution in [0.3, 0.4) is 0 Å². The van der Waals surface area contributed by atoms with E-state index in [0.29, 0.717) is 0 Å². The van der Waals surface area contributed by atoms with Crippen LogP contribution in [0.5, 0.6) is 0 Å². The number of halogens is 3. The van der Waals surface area contributed by atoms with Gasteiger partial charge in [-0.2, -0.15) is 0 Å². The maximum atomic E-state index is 12.5. The highest BCUT2D eigenvalue weighted by Gasteiger charge is 2.18. The van der Waals surface area contributed by atoms with Crippen molar-refractivity contribution in [2.45, 2.75) is 16.8 Å². The lowest BCUT2D eigenvalue weighted by molar-refractivity contribution is 0.144. The van der Waals surface area contributed by atoms with Gasteiger partial charge in [0.25, 0.3) is 16.4 Å². The van der Waals surface area contributed by atoms with Gasteiger partial charge in [0.15, 0.2) is 5.03 Å². The topological polar surface area (TPSA) is 73.1 Å². The number of alkyl halides is 3. The van der Waals surface area contributed by atoms with Gasteiger partial charge in [-0.05, 0) is 11.6 Å². The van der Waals surface area contributed by atoms with Crippen LogP contribution in [-0.4, -0.2) is 13.4 Å². The number of aromatic nitrogens is 1. The maximum absolute atomic E-state index is 12.5. The lowest BCUT2D eigenvalue weighted by atomic mass is 10.2. The first-order valence-corrected chi connectivity index (χ1v) is 6.39. The Labute approximate surface area is 93.7 Å². The van der Waals surface area contributed by atoms with E-state index in [1.807, 2.05) is 0 Å². The van der Waals surface area contributed by atoms with E-state index in [4.69, 9.17) is 5.14 Å². The van der Waals surface area contributed by atoms with Gasteiger partial charge < -0.3 is 0 Å². The molecular formula is C7H7BrF2N2O2S. The summed E-state index contributed by atoms with van der Waals surface area (Å²) in [6, 6.07) is 2.35. The molecule has 1 heterocycles. The molecule has 1 aromatic rings. The first kappa shape index (κ1) is 12.5. The van der Waals surface area contributed by atoms with Crippen molar-refractivity contribution in [2.24, 2.45) is 5.14 Å². The van der Waals surface area contributed by atoms with Crippen LogP contribution in [0, 0.1) is 0 Å². The molecule has 1 rings (SSSR count). The summed E-state index contributed by atoms with van der Waals surface area (Å²) in [6.45, 7) is 0. The van der Waals surface area contributed by atoms with Crippen LogP contribution in [0.15, 0.2) is 17.2 Å². The zero-order valence-electron chi connectivity index (χ0n) is 7.32. The van der Waals surface area contributed by atoms with Crippen molar-refractivity contribution < 1.29 is 17.2 Å². The average Bonchev–Trinajstić information content (AvgIpc) is 2.15. The van der Waals surface area contributed by atoms with E-state index in [0.717, 1.165) is 6.07 Å². The predicted molar refractivity (Wildman–Crippen MR) is 53.2 cm³/mol. The van der Waals surface area contributed by atoms with Crippen LogP contribution in [0.25, 0.3) is 0 Å². The quantitative estimate of drug-likeness (QED) is 0.861. The first-order chi connectivity index (χ1) is 6.86. The Hall–Kier alpha value is -0.600. The number of pyridine rings is 1. The molecule has 0 fully saturated rings. The Balaban J connectivity index is 3.35. The summed E-state index contributed by atoms with van der Waals surface area (Å²) in [7, 11) is -4.04. The monoisotopic (exact) mass is 300 g/mol. The van der Waals surface area contributed by atoms with Crippen LogP contribution >= 0.6 is 15.9 Å². The molecule has 0 spiro atoms. The summed E-state index contributed by atoms with van der Waals surface area (Å²) in [4.78, 5) is 3.32. The van der Waals surface area contributed by atoms with E-state index in [9.17, 15) is 17.2 Å². The van der Waals surface area contributed by atoms with Gasteiger partial charge in [-0.25, -0.2) is 27.3 Å². The minimum atomic E-state index is -4.04. The maximum Gasteiger partial charge on any atom is 0.280 e. The number of rotatable bonds is 3. The first-order valence-electron chi connectivity index (χ1n) is 3.73. The van der Waals surface area contributed by atoms with E-state index in [-0.39, 0.29) is 10.9 Å². The largest absolute Gasteiger partial charge is 0.280 e. The van der Waals surface area contributed by atoms with Gasteiger partial charge >= 0.3 is 0 Å². The van der Waals surface area contributed by atoms with Crippen LogP contribution in [0.2, 0.25) is 0 Å². The second kappa shape index (κ2) is 4.50. The van der Waals surface area contributed by atoms with E-state index in [1.165, 1.54) is 6.07 Å². The second-order valence-electron chi connectivity index (χ2n) is 2.67. The van der Waals surface area contributed by atoms with Gasteiger partial charge in [0.1, 0.15) is 5.69 Å². The Bertz CT molecular complexity index is 464. The number of nitrogens with two attached hydrogens (primary N) is 1. The zero-order valence-corrected chi connectivity index (χ0v) is 9.72. The molecule has 4 nitrogen and oxygen atoms in total. The number of hydrogen-bond donors (Lipinski definition) is 1. The molecule has 2 N–H and O–H groups in total. The molecule has 0 saturated heterocycles. The summed E-state index contributed by atoms with van der Waals surface area (Å²) in [5.41, 5.74) is -0.337. The average molecular weight is 301 g/mol. The predicted octanol–water partition coefficient (Wildman–Crippen LogP) is 1.56. The second-order valence-corrected chi connectivity index (χ2v) is 4.74. The van der Waals surface area contributed by atoms with Gasteiger partial charge in [0.05, 0.1) is 0 Å². The highest BCUT2D eigenvalue weighted by atomic mass is 79.9. The molecule has 0 unspecified atom stereocenters. The molecule has 0 saturated carbocycles. The van der Waals surface area contributed by atoms with Crippen molar-refractivity contribution in [3.05, 3.63) is 23.4 Å². The van der Waals surface area contributed by atoms with E-state index in [1.54, 1.807) is 0 Å². The fraction of sp³-hybridized carbons (Fsp3) is 0.286. The van der Waals surface area contributed by atoms with Crippen LogP contribution < -0.4 is 5.14 Å². The van der Waals surface area contributed by atoms with Crippen molar-refractivity contribution in [3.8, 4) is 0 Å². The Morgan fingerprint density at radius 2 is 2.07 bits per heavy atom. The summed E-state index contributed by atoms with van der Waals surface area (Å²) in [6.07, 6.45) is -2.83. The molecule has 1 aromatic heterocycles. The lowest BCUT2D eigenvalue weighted by Gasteiger charge is -2.06.